The zero-order valence-corrected chi connectivity index (χ0v) is 13.0. The summed E-state index contributed by atoms with van der Waals surface area (Å²) in [7, 11) is 0. The van der Waals surface area contributed by atoms with E-state index in [1.807, 2.05) is 6.07 Å². The molecule has 0 aromatic carbocycles. The minimum absolute atomic E-state index is 0.00731. The summed E-state index contributed by atoms with van der Waals surface area (Å²) in [6.07, 6.45) is 5.47. The quantitative estimate of drug-likeness (QED) is 0.387. The van der Waals surface area contributed by atoms with Gasteiger partial charge in [-0.1, -0.05) is 32.3 Å². The van der Waals surface area contributed by atoms with E-state index in [2.05, 4.69) is 30.9 Å². The fraction of sp³-hybridized carbons (Fsp3) is 0.625. The van der Waals surface area contributed by atoms with Gasteiger partial charge in [-0.3, -0.25) is 0 Å². The largest absolute Gasteiger partial charge is 0.489 e. The molecule has 2 rings (SSSR count). The molecule has 1 aromatic heterocycles. The van der Waals surface area contributed by atoms with Gasteiger partial charge in [0.25, 0.3) is 0 Å². The van der Waals surface area contributed by atoms with E-state index in [4.69, 9.17) is 15.7 Å². The number of ether oxygens (including phenoxy) is 1. The molecule has 5 heteroatoms. The summed E-state index contributed by atoms with van der Waals surface area (Å²) in [5.41, 5.74) is 5.95. The van der Waals surface area contributed by atoms with Crippen molar-refractivity contribution in [1.82, 2.24) is 4.98 Å². The van der Waals surface area contributed by atoms with Crippen LogP contribution in [0.4, 0.5) is 0 Å². The molecule has 5 nitrogen and oxygen atoms in total. The molecule has 1 aliphatic rings. The Morgan fingerprint density at radius 2 is 2.19 bits per heavy atom. The Hall–Kier alpha value is -1.78. The van der Waals surface area contributed by atoms with Gasteiger partial charge in [0.05, 0.1) is 6.20 Å². The zero-order valence-electron chi connectivity index (χ0n) is 13.0. The van der Waals surface area contributed by atoms with Gasteiger partial charge in [0.15, 0.2) is 5.84 Å². The number of amidine groups is 1. The standard InChI is InChI=1S/C16H25N3O2/c1-10(2)13-6-4-11(3)8-15(13)21-12-5-7-14(18-9-12)16(17)19-20/h5,7,9-11,13,15,20H,4,6,8H2,1-3H3,(H2,17,19). The molecule has 0 amide bonds. The van der Waals surface area contributed by atoms with Crippen molar-refractivity contribution in [2.75, 3.05) is 0 Å². The van der Waals surface area contributed by atoms with Crippen LogP contribution in [0.2, 0.25) is 0 Å². The second-order valence-corrected chi connectivity index (χ2v) is 6.35. The van der Waals surface area contributed by atoms with Gasteiger partial charge in [-0.2, -0.15) is 0 Å². The maximum atomic E-state index is 8.64. The van der Waals surface area contributed by atoms with Crippen LogP contribution in [0.15, 0.2) is 23.5 Å². The molecule has 0 radical (unpaired) electrons. The van der Waals surface area contributed by atoms with Crippen LogP contribution in [0.5, 0.6) is 5.75 Å². The molecule has 0 bridgehead atoms. The Kier molecular flexibility index (Phi) is 5.04. The highest BCUT2D eigenvalue weighted by atomic mass is 16.5. The van der Waals surface area contributed by atoms with E-state index in [0.717, 1.165) is 12.2 Å². The SMILES string of the molecule is CC1CCC(C(C)C)C(Oc2ccc(/C(N)=N/O)nc2)C1. The fourth-order valence-electron chi connectivity index (χ4n) is 3.08. The molecule has 0 saturated heterocycles. The van der Waals surface area contributed by atoms with Gasteiger partial charge in [0.2, 0.25) is 0 Å². The lowest BCUT2D eigenvalue weighted by molar-refractivity contribution is 0.0457. The molecule has 1 aliphatic carbocycles. The second-order valence-electron chi connectivity index (χ2n) is 6.35. The summed E-state index contributed by atoms with van der Waals surface area (Å²) in [5, 5.41) is 11.6. The average molecular weight is 291 g/mol. The first-order chi connectivity index (χ1) is 10.0. The number of hydrogen-bond donors (Lipinski definition) is 2. The molecule has 1 heterocycles. The van der Waals surface area contributed by atoms with Gasteiger partial charge in [-0.25, -0.2) is 4.98 Å². The molecule has 1 aromatic rings. The van der Waals surface area contributed by atoms with Crippen LogP contribution < -0.4 is 10.5 Å². The number of nitrogens with two attached hydrogens (primary N) is 1. The van der Waals surface area contributed by atoms with E-state index < -0.39 is 0 Å². The average Bonchev–Trinajstić information content (AvgIpc) is 2.47. The fourth-order valence-corrected chi connectivity index (χ4v) is 3.08. The lowest BCUT2D eigenvalue weighted by Crippen LogP contribution is -2.36. The summed E-state index contributed by atoms with van der Waals surface area (Å²) < 4.78 is 6.16. The predicted octanol–water partition coefficient (Wildman–Crippen LogP) is 3.02. The lowest BCUT2D eigenvalue weighted by Gasteiger charge is -2.37. The molecular weight excluding hydrogens is 266 g/mol. The first kappa shape index (κ1) is 15.6. The zero-order chi connectivity index (χ0) is 15.4. The third kappa shape index (κ3) is 3.86. The maximum Gasteiger partial charge on any atom is 0.188 e. The lowest BCUT2D eigenvalue weighted by atomic mass is 9.75. The molecule has 3 unspecified atom stereocenters. The Morgan fingerprint density at radius 1 is 1.43 bits per heavy atom. The van der Waals surface area contributed by atoms with Crippen LogP contribution in [0.3, 0.4) is 0 Å². The summed E-state index contributed by atoms with van der Waals surface area (Å²) in [4.78, 5) is 4.16. The number of oxime groups is 1. The van der Waals surface area contributed by atoms with Gasteiger partial charge < -0.3 is 15.7 Å². The molecule has 21 heavy (non-hydrogen) atoms. The normalized spacial score (nSPS) is 26.9. The first-order valence-electron chi connectivity index (χ1n) is 7.61. The monoisotopic (exact) mass is 291 g/mol. The summed E-state index contributed by atoms with van der Waals surface area (Å²) in [6, 6.07) is 3.54. The summed E-state index contributed by atoms with van der Waals surface area (Å²) >= 11 is 0. The van der Waals surface area contributed by atoms with Gasteiger partial charge >= 0.3 is 0 Å². The molecule has 0 spiro atoms. The molecule has 3 N–H and O–H groups in total. The number of aromatic nitrogens is 1. The van der Waals surface area contributed by atoms with Crippen molar-refractivity contribution < 1.29 is 9.94 Å². The van der Waals surface area contributed by atoms with Crippen molar-refractivity contribution in [3.8, 4) is 5.75 Å². The van der Waals surface area contributed by atoms with Crippen LogP contribution in [-0.4, -0.2) is 22.1 Å². The molecule has 116 valence electrons. The number of hydrogen-bond acceptors (Lipinski definition) is 4. The number of nitrogens with zero attached hydrogens (tertiary/aromatic N) is 2. The molecule has 1 fully saturated rings. The molecular formula is C16H25N3O2. The minimum Gasteiger partial charge on any atom is -0.489 e. The molecule has 0 aliphatic heterocycles. The van der Waals surface area contributed by atoms with Crippen molar-refractivity contribution >= 4 is 5.84 Å². The van der Waals surface area contributed by atoms with E-state index in [-0.39, 0.29) is 11.9 Å². The third-order valence-corrected chi connectivity index (χ3v) is 4.36. The smallest absolute Gasteiger partial charge is 0.188 e. The van der Waals surface area contributed by atoms with Crippen LogP contribution in [0.1, 0.15) is 45.7 Å². The van der Waals surface area contributed by atoms with E-state index in [9.17, 15) is 0 Å². The van der Waals surface area contributed by atoms with Crippen LogP contribution in [0.25, 0.3) is 0 Å². The Morgan fingerprint density at radius 3 is 2.76 bits per heavy atom. The van der Waals surface area contributed by atoms with E-state index in [1.165, 1.54) is 12.8 Å². The van der Waals surface area contributed by atoms with Gasteiger partial charge in [0.1, 0.15) is 17.5 Å². The maximum absolute atomic E-state index is 8.64. The van der Waals surface area contributed by atoms with E-state index in [0.29, 0.717) is 23.4 Å². The van der Waals surface area contributed by atoms with Gasteiger partial charge in [0, 0.05) is 0 Å². The predicted molar refractivity (Wildman–Crippen MR) is 82.5 cm³/mol. The van der Waals surface area contributed by atoms with Crippen molar-refractivity contribution in [2.45, 2.75) is 46.1 Å². The number of rotatable bonds is 4. The van der Waals surface area contributed by atoms with Crippen LogP contribution in [0, 0.1) is 17.8 Å². The van der Waals surface area contributed by atoms with Crippen LogP contribution in [-0.2, 0) is 0 Å². The number of pyridine rings is 1. The Labute approximate surface area is 126 Å². The topological polar surface area (TPSA) is 80.7 Å². The third-order valence-electron chi connectivity index (χ3n) is 4.36. The highest BCUT2D eigenvalue weighted by Crippen LogP contribution is 2.35. The van der Waals surface area contributed by atoms with Crippen molar-refractivity contribution in [2.24, 2.45) is 28.6 Å². The van der Waals surface area contributed by atoms with Crippen LogP contribution >= 0.6 is 0 Å². The van der Waals surface area contributed by atoms with E-state index >= 15 is 0 Å². The highest BCUT2D eigenvalue weighted by Gasteiger charge is 2.32. The Bertz CT molecular complexity index is 485. The summed E-state index contributed by atoms with van der Waals surface area (Å²) in [5.74, 6) is 2.66. The highest BCUT2D eigenvalue weighted by molar-refractivity contribution is 5.95. The van der Waals surface area contributed by atoms with Crippen molar-refractivity contribution in [3.63, 3.8) is 0 Å². The molecule has 1 saturated carbocycles. The molecule has 3 atom stereocenters. The van der Waals surface area contributed by atoms with E-state index in [1.54, 1.807) is 12.3 Å². The minimum atomic E-state index is 0.00731. The first-order valence-corrected chi connectivity index (χ1v) is 7.61. The Balaban J connectivity index is 2.08. The second kappa shape index (κ2) is 6.78. The summed E-state index contributed by atoms with van der Waals surface area (Å²) in [6.45, 7) is 6.81. The van der Waals surface area contributed by atoms with Gasteiger partial charge in [-0.15, -0.1) is 0 Å². The van der Waals surface area contributed by atoms with Crippen molar-refractivity contribution in [3.05, 3.63) is 24.0 Å². The van der Waals surface area contributed by atoms with Crippen molar-refractivity contribution in [1.29, 1.82) is 0 Å². The van der Waals surface area contributed by atoms with Gasteiger partial charge in [-0.05, 0) is 42.7 Å².